The fraction of sp³-hybridized carbons (Fsp3) is 0.182. The van der Waals surface area contributed by atoms with E-state index in [1.54, 1.807) is 19.2 Å². The van der Waals surface area contributed by atoms with Crippen LogP contribution in [0.15, 0.2) is 16.2 Å². The van der Waals surface area contributed by atoms with Crippen LogP contribution in [0.1, 0.15) is 15.9 Å². The second-order valence-electron chi connectivity index (χ2n) is 2.75. The van der Waals surface area contributed by atoms with Crippen LogP contribution in [0.3, 0.4) is 0 Å². The molecule has 0 aliphatic carbocycles. The maximum Gasteiger partial charge on any atom is 0.153 e. The quantitative estimate of drug-likeness (QED) is 0.632. The van der Waals surface area contributed by atoms with Gasteiger partial charge in [0.05, 0.1) is 19.8 Å². The summed E-state index contributed by atoms with van der Waals surface area (Å²) in [6, 6.07) is 3.44. The number of benzene rings is 1. The smallest absolute Gasteiger partial charge is 0.153 e. The van der Waals surface area contributed by atoms with Crippen LogP contribution >= 0.6 is 22.6 Å². The normalized spacial score (nSPS) is 10.3. The molecule has 1 aromatic carbocycles. The van der Waals surface area contributed by atoms with E-state index in [0.29, 0.717) is 17.1 Å². The minimum atomic E-state index is 0.486. The molecule has 0 saturated carbocycles. The molecule has 15 heavy (non-hydrogen) atoms. The van der Waals surface area contributed by atoms with Crippen LogP contribution in [0.25, 0.3) is 6.08 Å². The van der Waals surface area contributed by atoms with E-state index in [0.717, 1.165) is 11.8 Å². The number of ether oxygens (including phenoxy) is 2. The maximum atomic E-state index is 10.8. The van der Waals surface area contributed by atoms with Crippen LogP contribution in [0.2, 0.25) is 0 Å². The summed E-state index contributed by atoms with van der Waals surface area (Å²) in [7, 11) is 3.10. The van der Waals surface area contributed by atoms with E-state index >= 15 is 0 Å². The summed E-state index contributed by atoms with van der Waals surface area (Å²) in [5.74, 6) is 1.21. The average Bonchev–Trinajstić information content (AvgIpc) is 2.28. The molecule has 4 heteroatoms. The summed E-state index contributed by atoms with van der Waals surface area (Å²) in [5.41, 5.74) is 1.37. The largest absolute Gasteiger partial charge is 0.496 e. The second kappa shape index (κ2) is 5.75. The lowest BCUT2D eigenvalue weighted by Crippen LogP contribution is -1.94. The number of methoxy groups -OCH3 is 2. The van der Waals surface area contributed by atoms with Crippen LogP contribution in [0.4, 0.5) is 0 Å². The highest BCUT2D eigenvalue weighted by atomic mass is 127. The Morgan fingerprint density at radius 1 is 1.13 bits per heavy atom. The van der Waals surface area contributed by atoms with Crippen molar-refractivity contribution in [1.82, 2.24) is 0 Å². The van der Waals surface area contributed by atoms with Crippen molar-refractivity contribution in [2.24, 2.45) is 0 Å². The molecule has 0 unspecified atom stereocenters. The number of rotatable bonds is 4. The minimum Gasteiger partial charge on any atom is -0.496 e. The molecular formula is C11H11IO3. The van der Waals surface area contributed by atoms with Crippen LogP contribution in [-0.4, -0.2) is 20.5 Å². The zero-order valence-corrected chi connectivity index (χ0v) is 10.6. The Balaban J connectivity index is 3.33. The van der Waals surface area contributed by atoms with Gasteiger partial charge in [-0.3, -0.25) is 4.79 Å². The molecule has 1 aromatic rings. The molecule has 0 amide bonds. The molecule has 0 spiro atoms. The Labute approximate surface area is 102 Å². The van der Waals surface area contributed by atoms with Crippen LogP contribution in [0.5, 0.6) is 11.5 Å². The summed E-state index contributed by atoms with van der Waals surface area (Å²) in [6.07, 6.45) is 2.63. The minimum absolute atomic E-state index is 0.486. The molecule has 80 valence electrons. The Morgan fingerprint density at radius 3 is 2.13 bits per heavy atom. The Hall–Kier alpha value is -1.04. The van der Waals surface area contributed by atoms with Crippen LogP contribution in [-0.2, 0) is 0 Å². The molecule has 0 bridgehead atoms. The average molecular weight is 318 g/mol. The van der Waals surface area contributed by atoms with Gasteiger partial charge in [-0.05, 0) is 22.3 Å². The van der Waals surface area contributed by atoms with Crippen molar-refractivity contribution < 1.29 is 14.3 Å². The number of hydrogen-bond donors (Lipinski definition) is 0. The van der Waals surface area contributed by atoms with Crippen molar-refractivity contribution in [2.45, 2.75) is 0 Å². The molecule has 0 aromatic heterocycles. The molecule has 0 saturated heterocycles. The number of carbonyl (C=O) groups excluding carboxylic acids is 1. The molecule has 0 radical (unpaired) electrons. The predicted molar refractivity (Wildman–Crippen MR) is 68.0 cm³/mol. The summed E-state index contributed by atoms with van der Waals surface area (Å²) in [4.78, 5) is 10.8. The summed E-state index contributed by atoms with van der Waals surface area (Å²) in [6.45, 7) is 0. The lowest BCUT2D eigenvalue weighted by molar-refractivity contribution is 0.112. The van der Waals surface area contributed by atoms with Gasteiger partial charge in [-0.1, -0.05) is 22.6 Å². The van der Waals surface area contributed by atoms with E-state index in [-0.39, 0.29) is 0 Å². The molecule has 0 aliphatic rings. The fourth-order valence-electron chi connectivity index (χ4n) is 1.24. The predicted octanol–water partition coefficient (Wildman–Crippen LogP) is 2.92. The van der Waals surface area contributed by atoms with E-state index in [1.165, 1.54) is 7.11 Å². The first-order valence-corrected chi connectivity index (χ1v) is 5.49. The summed E-state index contributed by atoms with van der Waals surface area (Å²) >= 11 is 2.12. The van der Waals surface area contributed by atoms with Gasteiger partial charge >= 0.3 is 0 Å². The maximum absolute atomic E-state index is 10.8. The molecule has 3 nitrogen and oxygen atoms in total. The molecule has 0 N–H and O–H groups in total. The van der Waals surface area contributed by atoms with Gasteiger partial charge in [0.25, 0.3) is 0 Å². The first-order valence-electron chi connectivity index (χ1n) is 4.24. The van der Waals surface area contributed by atoms with Crippen molar-refractivity contribution in [3.8, 4) is 11.5 Å². The number of aldehydes is 1. The molecule has 0 heterocycles. The van der Waals surface area contributed by atoms with Crippen LogP contribution < -0.4 is 9.47 Å². The standard InChI is InChI=1S/C11H11IO3/c1-14-10-6-9(7-13)11(15-2)5-8(10)3-4-12/h3-7H,1-2H3/b4-3+. The third-order valence-electron chi connectivity index (χ3n) is 1.95. The van der Waals surface area contributed by atoms with Gasteiger partial charge < -0.3 is 9.47 Å². The Kier molecular flexibility index (Phi) is 4.61. The van der Waals surface area contributed by atoms with Crippen molar-refractivity contribution in [3.63, 3.8) is 0 Å². The van der Waals surface area contributed by atoms with Crippen molar-refractivity contribution in [3.05, 3.63) is 27.3 Å². The van der Waals surface area contributed by atoms with Gasteiger partial charge in [0.15, 0.2) is 6.29 Å². The van der Waals surface area contributed by atoms with E-state index in [2.05, 4.69) is 22.6 Å². The van der Waals surface area contributed by atoms with E-state index in [4.69, 9.17) is 9.47 Å². The van der Waals surface area contributed by atoms with Crippen molar-refractivity contribution in [1.29, 1.82) is 0 Å². The number of hydrogen-bond acceptors (Lipinski definition) is 3. The zero-order chi connectivity index (χ0) is 11.3. The van der Waals surface area contributed by atoms with Gasteiger partial charge in [-0.15, -0.1) is 0 Å². The number of halogens is 1. The molecule has 1 rings (SSSR count). The van der Waals surface area contributed by atoms with Gasteiger partial charge in [0, 0.05) is 5.56 Å². The highest BCUT2D eigenvalue weighted by Gasteiger charge is 2.08. The van der Waals surface area contributed by atoms with Crippen LogP contribution in [0, 0.1) is 0 Å². The van der Waals surface area contributed by atoms with Gasteiger partial charge in [0.2, 0.25) is 0 Å². The van der Waals surface area contributed by atoms with Crippen molar-refractivity contribution >= 4 is 35.0 Å². The molecule has 0 aliphatic heterocycles. The molecule has 0 atom stereocenters. The van der Waals surface area contributed by atoms with Gasteiger partial charge in [0.1, 0.15) is 11.5 Å². The SMILES string of the molecule is COc1cc(/C=C/I)c(OC)cc1C=O. The molecule has 0 fully saturated rings. The third kappa shape index (κ3) is 2.71. The highest BCUT2D eigenvalue weighted by molar-refractivity contribution is 14.1. The Bertz CT molecular complexity index is 386. The molecular weight excluding hydrogens is 307 g/mol. The number of carbonyl (C=O) groups is 1. The summed E-state index contributed by atoms with van der Waals surface area (Å²) in [5, 5.41) is 0. The zero-order valence-electron chi connectivity index (χ0n) is 8.49. The highest BCUT2D eigenvalue weighted by Crippen LogP contribution is 2.28. The summed E-state index contributed by atoms with van der Waals surface area (Å²) < 4.78 is 12.1. The lowest BCUT2D eigenvalue weighted by Gasteiger charge is -2.09. The van der Waals surface area contributed by atoms with Gasteiger partial charge in [-0.25, -0.2) is 0 Å². The van der Waals surface area contributed by atoms with E-state index in [1.807, 2.05) is 10.2 Å². The topological polar surface area (TPSA) is 35.5 Å². The van der Waals surface area contributed by atoms with Crippen molar-refractivity contribution in [2.75, 3.05) is 14.2 Å². The van der Waals surface area contributed by atoms with E-state index in [9.17, 15) is 4.79 Å². The fourth-order valence-corrected chi connectivity index (χ4v) is 1.62. The first kappa shape index (κ1) is 12.0. The first-order chi connectivity index (χ1) is 7.26. The second-order valence-corrected chi connectivity index (χ2v) is 3.47. The monoisotopic (exact) mass is 318 g/mol. The lowest BCUT2D eigenvalue weighted by atomic mass is 10.1. The third-order valence-corrected chi connectivity index (χ3v) is 2.31. The Morgan fingerprint density at radius 2 is 1.67 bits per heavy atom. The van der Waals surface area contributed by atoms with Gasteiger partial charge in [-0.2, -0.15) is 0 Å². The van der Waals surface area contributed by atoms with E-state index < -0.39 is 0 Å².